The van der Waals surface area contributed by atoms with Gasteiger partial charge >= 0.3 is 0 Å². The van der Waals surface area contributed by atoms with Gasteiger partial charge in [-0.25, -0.2) is 13.4 Å². The first-order valence-electron chi connectivity index (χ1n) is 21.3. The molecule has 6 nitrogen and oxygen atoms in total. The Morgan fingerprint density at radius 3 is 0.359 bits per heavy atom. The molecule has 9 aromatic carbocycles. The molecule has 0 heterocycles. The fourth-order valence-electron chi connectivity index (χ4n) is 7.88. The minimum Gasteiger partial charge on any atom is -0.907 e. The zero-order chi connectivity index (χ0) is 45.1. The van der Waals surface area contributed by atoms with E-state index in [4.69, 9.17) is 15.1 Å². The molecule has 0 fully saturated rings. The van der Waals surface area contributed by atoms with Gasteiger partial charge < -0.3 is 15.1 Å². The van der Waals surface area contributed by atoms with Crippen LogP contribution in [0.5, 0.6) is 0 Å². The lowest BCUT2D eigenvalue weighted by atomic mass is 10.1. The van der Waals surface area contributed by atoms with Crippen molar-refractivity contribution in [1.82, 2.24) is 13.4 Å². The smallest absolute Gasteiger partial charge is 0.142 e. The average molecular weight is 840 g/mol. The highest BCUT2D eigenvalue weighted by molar-refractivity contribution is 6.24. The quantitative estimate of drug-likeness (QED) is 0.107. The summed E-state index contributed by atoms with van der Waals surface area (Å²) in [7, 11) is 3.79. The molecule has 0 amide bonds. The first-order chi connectivity index (χ1) is 31.2. The Kier molecular flexibility index (Phi) is 16.5. The Labute approximate surface area is 379 Å². The summed E-state index contributed by atoms with van der Waals surface area (Å²) in [4.78, 5) is 0. The fraction of sp³-hybridized carbons (Fsp3) is 0.0526. The van der Waals surface area contributed by atoms with Gasteiger partial charge in [0.25, 0.3) is 0 Å². The maximum atomic E-state index is 8.42. The normalized spacial score (nSPS) is 11.0. The number of hydrogen-bond acceptors (Lipinski definition) is 3. The Morgan fingerprint density at radius 1 is 0.203 bits per heavy atom. The zero-order valence-electron chi connectivity index (χ0n) is 36.6. The Hall–Kier alpha value is -7.20. The molecular weight excluding hydrogens is 785 g/mol. The van der Waals surface area contributed by atoms with Crippen molar-refractivity contribution >= 4 is 58.5 Å². The van der Waals surface area contributed by atoms with Gasteiger partial charge in [0, 0.05) is 0 Å². The highest BCUT2D eigenvalue weighted by Gasteiger charge is 2.32. The molecule has 0 N–H and O–H groups in total. The SMILES string of the molecule is C[N+](c1ccccc1)(c1ccccc1)c1ccccc1.C[N+](c1ccccc1)(c1ccccc1)c1ccccc1.C[N+](c1ccccc1)(c1ccccc1)c1ccccc1.[O-]B([O-])[O-]. The van der Waals surface area contributed by atoms with Crippen molar-refractivity contribution in [2.45, 2.75) is 0 Å². The van der Waals surface area contributed by atoms with Gasteiger partial charge in [-0.1, -0.05) is 164 Å². The zero-order valence-corrected chi connectivity index (χ0v) is 36.6. The second-order valence-corrected chi connectivity index (χ2v) is 15.3. The van der Waals surface area contributed by atoms with E-state index in [1.165, 1.54) is 51.2 Å². The van der Waals surface area contributed by atoms with E-state index >= 15 is 0 Å². The highest BCUT2D eigenvalue weighted by atomic mass is 16.5. The molecule has 0 radical (unpaired) electrons. The van der Waals surface area contributed by atoms with E-state index in [0.29, 0.717) is 13.4 Å². The number of para-hydroxylation sites is 9. The molecule has 0 atom stereocenters. The summed E-state index contributed by atoms with van der Waals surface area (Å²) in [5.74, 6) is 0. The van der Waals surface area contributed by atoms with Crippen molar-refractivity contribution in [3.63, 3.8) is 0 Å². The molecular formula is C57H54BN3O3. The van der Waals surface area contributed by atoms with Crippen LogP contribution < -0.4 is 28.5 Å². The molecule has 9 rings (SSSR count). The van der Waals surface area contributed by atoms with Gasteiger partial charge in [0.15, 0.2) is 0 Å². The molecule has 0 bridgehead atoms. The number of nitrogens with zero attached hydrogens (tertiary/aromatic N) is 3. The van der Waals surface area contributed by atoms with E-state index < -0.39 is 7.32 Å². The predicted molar refractivity (Wildman–Crippen MR) is 265 cm³/mol. The Bertz CT molecular complexity index is 2060. The summed E-state index contributed by atoms with van der Waals surface area (Å²) in [6.45, 7) is 0. The van der Waals surface area contributed by atoms with Crippen molar-refractivity contribution < 1.29 is 15.1 Å². The minimum atomic E-state index is -2.92. The third-order valence-corrected chi connectivity index (χ3v) is 11.5. The maximum Gasteiger partial charge on any atom is 0.142 e. The third kappa shape index (κ3) is 11.2. The second kappa shape index (κ2) is 22.8. The summed E-state index contributed by atoms with van der Waals surface area (Å²) < 4.78 is 2.01. The summed E-state index contributed by atoms with van der Waals surface area (Å²) in [5, 5.41) is 25.2. The maximum absolute atomic E-state index is 8.42. The van der Waals surface area contributed by atoms with Crippen molar-refractivity contribution in [2.24, 2.45) is 0 Å². The molecule has 9 aromatic rings. The van der Waals surface area contributed by atoms with E-state index in [1.807, 2.05) is 0 Å². The fourth-order valence-corrected chi connectivity index (χ4v) is 7.88. The molecule has 0 saturated heterocycles. The molecule has 0 spiro atoms. The summed E-state index contributed by atoms with van der Waals surface area (Å²) in [6.07, 6.45) is 0. The Morgan fingerprint density at radius 2 is 0.281 bits per heavy atom. The van der Waals surface area contributed by atoms with E-state index in [1.54, 1.807) is 0 Å². The van der Waals surface area contributed by atoms with Gasteiger partial charge in [-0.2, -0.15) is 0 Å². The van der Waals surface area contributed by atoms with Crippen LogP contribution in [0.4, 0.5) is 51.2 Å². The van der Waals surface area contributed by atoms with Crippen molar-refractivity contribution in [1.29, 1.82) is 0 Å². The lowest BCUT2D eigenvalue weighted by molar-refractivity contribution is -0.479. The molecule has 64 heavy (non-hydrogen) atoms. The van der Waals surface area contributed by atoms with Crippen LogP contribution in [-0.2, 0) is 0 Å². The molecule has 0 aromatic heterocycles. The van der Waals surface area contributed by atoms with E-state index in [9.17, 15) is 0 Å². The molecule has 0 unspecified atom stereocenters. The molecule has 318 valence electrons. The predicted octanol–water partition coefficient (Wildman–Crippen LogP) is 11.9. The summed E-state index contributed by atoms with van der Waals surface area (Å²) >= 11 is 0. The van der Waals surface area contributed by atoms with Crippen LogP contribution in [0.3, 0.4) is 0 Å². The van der Waals surface area contributed by atoms with E-state index in [-0.39, 0.29) is 0 Å². The Balaban J connectivity index is 0.000000153. The largest absolute Gasteiger partial charge is 0.907 e. The minimum absolute atomic E-state index is 0.669. The van der Waals surface area contributed by atoms with E-state index in [2.05, 4.69) is 294 Å². The van der Waals surface area contributed by atoms with Crippen LogP contribution >= 0.6 is 0 Å². The van der Waals surface area contributed by atoms with Crippen LogP contribution in [-0.4, -0.2) is 28.5 Å². The summed E-state index contributed by atoms with van der Waals surface area (Å²) in [6, 6.07) is 95.5. The summed E-state index contributed by atoms with van der Waals surface area (Å²) in [5.41, 5.74) is 11.3. The van der Waals surface area contributed by atoms with Crippen LogP contribution in [0.2, 0.25) is 0 Å². The van der Waals surface area contributed by atoms with Crippen LogP contribution in [0.1, 0.15) is 0 Å². The highest BCUT2D eigenvalue weighted by Crippen LogP contribution is 2.43. The van der Waals surface area contributed by atoms with Crippen LogP contribution in [0.25, 0.3) is 0 Å². The van der Waals surface area contributed by atoms with Gasteiger partial charge in [-0.3, -0.25) is 7.32 Å². The van der Waals surface area contributed by atoms with Gasteiger partial charge in [0.1, 0.15) is 51.2 Å². The monoisotopic (exact) mass is 839 g/mol. The molecule has 0 saturated carbocycles. The molecule has 0 aliphatic carbocycles. The number of quaternary nitrogens is 3. The first kappa shape index (κ1) is 46.3. The third-order valence-electron chi connectivity index (χ3n) is 11.5. The topological polar surface area (TPSA) is 69.2 Å². The second-order valence-electron chi connectivity index (χ2n) is 15.3. The van der Waals surface area contributed by atoms with Gasteiger partial charge in [-0.15, -0.1) is 0 Å². The molecule has 0 aliphatic heterocycles. The van der Waals surface area contributed by atoms with Gasteiger partial charge in [0.2, 0.25) is 0 Å². The molecule has 0 aliphatic rings. The van der Waals surface area contributed by atoms with Gasteiger partial charge in [0.05, 0.1) is 21.1 Å². The average Bonchev–Trinajstić information content (AvgIpc) is 3.38. The van der Waals surface area contributed by atoms with Crippen molar-refractivity contribution in [3.05, 3.63) is 273 Å². The first-order valence-corrected chi connectivity index (χ1v) is 21.3. The number of rotatable bonds is 9. The lowest BCUT2D eigenvalue weighted by Gasteiger charge is -2.35. The molecule has 7 heteroatoms. The van der Waals surface area contributed by atoms with E-state index in [0.717, 1.165) is 0 Å². The standard InChI is InChI=1S/3C19H18N.BO3/c3*1-20(17-11-5-2-6-12-17,18-13-7-3-8-14-18)19-15-9-4-10-16-19;2-1(3)4/h3*2-16H,1H3;/q3*+1;-3. The van der Waals surface area contributed by atoms with Crippen LogP contribution in [0.15, 0.2) is 273 Å². The van der Waals surface area contributed by atoms with Crippen molar-refractivity contribution in [2.75, 3.05) is 21.1 Å². The number of hydrogen-bond donors (Lipinski definition) is 0. The van der Waals surface area contributed by atoms with Gasteiger partial charge in [-0.05, 0) is 109 Å². The lowest BCUT2D eigenvalue weighted by Crippen LogP contribution is -2.56. The van der Waals surface area contributed by atoms with Crippen LogP contribution in [0, 0.1) is 0 Å². The number of benzene rings is 9. The van der Waals surface area contributed by atoms with Crippen molar-refractivity contribution in [3.8, 4) is 0 Å².